The van der Waals surface area contributed by atoms with Crippen LogP contribution in [0.4, 0.5) is 0 Å². The SMILES string of the molecule is NNC(=O)c1ccc2ccccc2c1-c1ccccc1. The monoisotopic (exact) mass is 262 g/mol. The standard InChI is InChI=1S/C17H14N2O/c18-19-17(20)15-11-10-12-6-4-5-9-14(12)16(15)13-7-2-1-3-8-13/h1-11H,18H2,(H,19,20). The predicted molar refractivity (Wildman–Crippen MR) is 81.0 cm³/mol. The molecule has 0 aliphatic heterocycles. The van der Waals surface area contributed by atoms with E-state index in [9.17, 15) is 4.79 Å². The second-order valence-electron chi connectivity index (χ2n) is 4.55. The van der Waals surface area contributed by atoms with E-state index in [4.69, 9.17) is 5.84 Å². The van der Waals surface area contributed by atoms with Gasteiger partial charge in [0.1, 0.15) is 0 Å². The molecule has 20 heavy (non-hydrogen) atoms. The van der Waals surface area contributed by atoms with Crippen molar-refractivity contribution in [2.45, 2.75) is 0 Å². The zero-order chi connectivity index (χ0) is 13.9. The summed E-state index contributed by atoms with van der Waals surface area (Å²) in [5.74, 6) is 5.01. The van der Waals surface area contributed by atoms with E-state index < -0.39 is 0 Å². The van der Waals surface area contributed by atoms with E-state index >= 15 is 0 Å². The Kier molecular flexibility index (Phi) is 3.19. The van der Waals surface area contributed by atoms with Crippen molar-refractivity contribution in [2.75, 3.05) is 0 Å². The van der Waals surface area contributed by atoms with Gasteiger partial charge in [-0.2, -0.15) is 0 Å². The van der Waals surface area contributed by atoms with E-state index in [0.29, 0.717) is 5.56 Å². The third-order valence-corrected chi connectivity index (χ3v) is 3.37. The Labute approximate surface area is 117 Å². The minimum absolute atomic E-state index is 0.283. The van der Waals surface area contributed by atoms with Gasteiger partial charge in [0.15, 0.2) is 0 Å². The molecule has 0 heterocycles. The zero-order valence-corrected chi connectivity index (χ0v) is 10.8. The van der Waals surface area contributed by atoms with Crippen molar-refractivity contribution >= 4 is 16.7 Å². The zero-order valence-electron chi connectivity index (χ0n) is 10.8. The number of nitrogens with two attached hydrogens (primary N) is 1. The summed E-state index contributed by atoms with van der Waals surface area (Å²) in [4.78, 5) is 12.0. The molecule has 0 bridgehead atoms. The molecule has 0 aliphatic rings. The van der Waals surface area contributed by atoms with Crippen LogP contribution in [-0.4, -0.2) is 5.91 Å². The summed E-state index contributed by atoms with van der Waals surface area (Å²) in [5.41, 5.74) is 4.71. The van der Waals surface area contributed by atoms with Gasteiger partial charge in [-0.3, -0.25) is 10.2 Å². The lowest BCUT2D eigenvalue weighted by atomic mass is 9.93. The van der Waals surface area contributed by atoms with Gasteiger partial charge in [0.25, 0.3) is 5.91 Å². The van der Waals surface area contributed by atoms with Gasteiger partial charge < -0.3 is 0 Å². The fourth-order valence-corrected chi connectivity index (χ4v) is 2.45. The van der Waals surface area contributed by atoms with Gasteiger partial charge in [-0.1, -0.05) is 60.7 Å². The van der Waals surface area contributed by atoms with Crippen LogP contribution in [0.2, 0.25) is 0 Å². The number of carbonyl (C=O) groups is 1. The molecular formula is C17H14N2O. The summed E-state index contributed by atoms with van der Waals surface area (Å²) >= 11 is 0. The van der Waals surface area contributed by atoms with Crippen molar-refractivity contribution in [3.8, 4) is 11.1 Å². The molecule has 3 heteroatoms. The number of hydrazine groups is 1. The highest BCUT2D eigenvalue weighted by atomic mass is 16.2. The van der Waals surface area contributed by atoms with Gasteiger partial charge in [0.2, 0.25) is 0 Å². The second kappa shape index (κ2) is 5.15. The molecular weight excluding hydrogens is 248 g/mol. The molecule has 3 aromatic carbocycles. The van der Waals surface area contributed by atoms with Gasteiger partial charge in [0, 0.05) is 11.1 Å². The van der Waals surface area contributed by atoms with Crippen LogP contribution in [0.15, 0.2) is 66.7 Å². The third kappa shape index (κ3) is 2.04. The van der Waals surface area contributed by atoms with Crippen molar-refractivity contribution in [3.05, 3.63) is 72.3 Å². The highest BCUT2D eigenvalue weighted by molar-refractivity contribution is 6.09. The first-order chi connectivity index (χ1) is 9.81. The summed E-state index contributed by atoms with van der Waals surface area (Å²) in [5, 5.41) is 2.14. The van der Waals surface area contributed by atoms with Gasteiger partial charge in [-0.25, -0.2) is 5.84 Å². The number of rotatable bonds is 2. The van der Waals surface area contributed by atoms with Gasteiger partial charge in [0.05, 0.1) is 0 Å². The Morgan fingerprint density at radius 2 is 1.55 bits per heavy atom. The highest BCUT2D eigenvalue weighted by Crippen LogP contribution is 2.32. The average molecular weight is 262 g/mol. The van der Waals surface area contributed by atoms with E-state index in [1.54, 1.807) is 0 Å². The van der Waals surface area contributed by atoms with Crippen LogP contribution in [-0.2, 0) is 0 Å². The summed E-state index contributed by atoms with van der Waals surface area (Å²) < 4.78 is 0. The fraction of sp³-hybridized carbons (Fsp3) is 0. The number of hydrogen-bond donors (Lipinski definition) is 2. The largest absolute Gasteiger partial charge is 0.290 e. The number of fused-ring (bicyclic) bond motifs is 1. The number of carbonyl (C=O) groups excluding carboxylic acids is 1. The van der Waals surface area contributed by atoms with E-state index in [-0.39, 0.29) is 5.91 Å². The number of benzene rings is 3. The molecule has 1 amide bonds. The highest BCUT2D eigenvalue weighted by Gasteiger charge is 2.14. The normalized spacial score (nSPS) is 10.4. The first kappa shape index (κ1) is 12.4. The minimum atomic E-state index is -0.283. The molecule has 0 spiro atoms. The molecule has 0 atom stereocenters. The van der Waals surface area contributed by atoms with Gasteiger partial charge in [-0.05, 0) is 22.4 Å². The Morgan fingerprint density at radius 1 is 0.850 bits per heavy atom. The maximum absolute atomic E-state index is 12.0. The number of amides is 1. The number of nitrogen functional groups attached to an aromatic ring is 1. The summed E-state index contributed by atoms with van der Waals surface area (Å²) in [6.45, 7) is 0. The Balaban J connectivity index is 2.38. The van der Waals surface area contributed by atoms with Crippen LogP contribution in [0.25, 0.3) is 21.9 Å². The third-order valence-electron chi connectivity index (χ3n) is 3.37. The molecule has 0 saturated carbocycles. The fourth-order valence-electron chi connectivity index (χ4n) is 2.45. The first-order valence-corrected chi connectivity index (χ1v) is 6.39. The van der Waals surface area contributed by atoms with E-state index in [0.717, 1.165) is 21.9 Å². The van der Waals surface area contributed by atoms with Crippen LogP contribution >= 0.6 is 0 Å². The molecule has 0 unspecified atom stereocenters. The topological polar surface area (TPSA) is 55.1 Å². The average Bonchev–Trinajstić information content (AvgIpc) is 2.53. The van der Waals surface area contributed by atoms with Crippen molar-refractivity contribution < 1.29 is 4.79 Å². The van der Waals surface area contributed by atoms with E-state index in [1.165, 1.54) is 0 Å². The minimum Gasteiger partial charge on any atom is -0.290 e. The van der Waals surface area contributed by atoms with Crippen molar-refractivity contribution in [3.63, 3.8) is 0 Å². The molecule has 0 saturated heterocycles. The van der Waals surface area contributed by atoms with Gasteiger partial charge >= 0.3 is 0 Å². The second-order valence-corrected chi connectivity index (χ2v) is 4.55. The Bertz CT molecular complexity index is 766. The first-order valence-electron chi connectivity index (χ1n) is 6.39. The molecule has 0 fully saturated rings. The molecule has 3 aromatic rings. The van der Waals surface area contributed by atoms with E-state index in [2.05, 4.69) is 5.43 Å². The smallest absolute Gasteiger partial charge is 0.265 e. The van der Waals surface area contributed by atoms with Gasteiger partial charge in [-0.15, -0.1) is 0 Å². The van der Waals surface area contributed by atoms with Crippen LogP contribution in [0.3, 0.4) is 0 Å². The Hall–Kier alpha value is -2.65. The Morgan fingerprint density at radius 3 is 2.30 bits per heavy atom. The summed E-state index contributed by atoms with van der Waals surface area (Å²) in [6.07, 6.45) is 0. The van der Waals surface area contributed by atoms with E-state index in [1.807, 2.05) is 66.7 Å². The maximum atomic E-state index is 12.0. The number of nitrogens with one attached hydrogen (secondary N) is 1. The molecule has 98 valence electrons. The maximum Gasteiger partial charge on any atom is 0.265 e. The molecule has 3 nitrogen and oxygen atoms in total. The summed E-state index contributed by atoms with van der Waals surface area (Å²) in [7, 11) is 0. The molecule has 0 aliphatic carbocycles. The molecule has 0 radical (unpaired) electrons. The molecule has 3 rings (SSSR count). The lowest BCUT2D eigenvalue weighted by Gasteiger charge is -2.12. The summed E-state index contributed by atoms with van der Waals surface area (Å²) in [6, 6.07) is 21.6. The van der Waals surface area contributed by atoms with Crippen molar-refractivity contribution in [1.29, 1.82) is 0 Å². The van der Waals surface area contributed by atoms with Crippen LogP contribution in [0.1, 0.15) is 10.4 Å². The quantitative estimate of drug-likeness (QED) is 0.423. The van der Waals surface area contributed by atoms with Crippen LogP contribution in [0, 0.1) is 0 Å². The van der Waals surface area contributed by atoms with Crippen molar-refractivity contribution in [1.82, 2.24) is 5.43 Å². The molecule has 3 N–H and O–H groups in total. The number of hydrogen-bond acceptors (Lipinski definition) is 2. The molecule has 0 aromatic heterocycles. The van der Waals surface area contributed by atoms with Crippen molar-refractivity contribution in [2.24, 2.45) is 5.84 Å². The lowest BCUT2D eigenvalue weighted by molar-refractivity contribution is 0.0954. The van der Waals surface area contributed by atoms with Crippen LogP contribution in [0.5, 0.6) is 0 Å². The van der Waals surface area contributed by atoms with Crippen LogP contribution < -0.4 is 11.3 Å². The lowest BCUT2D eigenvalue weighted by Crippen LogP contribution is -2.30. The predicted octanol–water partition coefficient (Wildman–Crippen LogP) is 3.11.